The number of hydrogen-bond acceptors (Lipinski definition) is 4. The predicted molar refractivity (Wildman–Crippen MR) is 84.1 cm³/mol. The van der Waals surface area contributed by atoms with Crippen molar-refractivity contribution < 1.29 is 0 Å². The van der Waals surface area contributed by atoms with Crippen molar-refractivity contribution in [3.63, 3.8) is 0 Å². The first-order valence-electron chi connectivity index (χ1n) is 7.62. The molecule has 2 rings (SSSR count). The van der Waals surface area contributed by atoms with Gasteiger partial charge in [-0.1, -0.05) is 32.6 Å². The number of aryl methyl sites for hydroxylation is 1. The fraction of sp³-hybridized carbons (Fsp3) is 0.800. The summed E-state index contributed by atoms with van der Waals surface area (Å²) < 4.78 is 0. The van der Waals surface area contributed by atoms with Crippen LogP contribution in [0, 0.1) is 0 Å². The summed E-state index contributed by atoms with van der Waals surface area (Å²) in [6.07, 6.45) is 9.12. The normalized spacial score (nSPS) is 16.8. The first-order chi connectivity index (χ1) is 9.26. The number of hydrogen-bond donors (Lipinski definition) is 1. The summed E-state index contributed by atoms with van der Waals surface area (Å²) in [5, 5.41) is 4.49. The molecular weight excluding hydrogens is 254 g/mol. The van der Waals surface area contributed by atoms with Crippen LogP contribution in [0.4, 0.5) is 5.13 Å². The summed E-state index contributed by atoms with van der Waals surface area (Å²) >= 11 is 1.88. The highest BCUT2D eigenvalue weighted by Crippen LogP contribution is 2.31. The van der Waals surface area contributed by atoms with Crippen LogP contribution in [-0.4, -0.2) is 25.1 Å². The molecule has 1 aromatic heterocycles. The van der Waals surface area contributed by atoms with E-state index in [1.54, 1.807) is 0 Å². The number of aromatic nitrogens is 1. The Bertz CT molecular complexity index is 359. The smallest absolute Gasteiger partial charge is 0.185 e. The van der Waals surface area contributed by atoms with Crippen LogP contribution in [0.3, 0.4) is 0 Å². The Morgan fingerprint density at radius 1 is 1.32 bits per heavy atom. The van der Waals surface area contributed by atoms with Crippen molar-refractivity contribution in [3.8, 4) is 0 Å². The molecule has 1 aliphatic rings. The van der Waals surface area contributed by atoms with Gasteiger partial charge >= 0.3 is 0 Å². The third-order valence-electron chi connectivity index (χ3n) is 4.02. The lowest BCUT2D eigenvalue weighted by Gasteiger charge is -2.30. The molecule has 1 N–H and O–H groups in total. The maximum Gasteiger partial charge on any atom is 0.185 e. The van der Waals surface area contributed by atoms with Crippen molar-refractivity contribution in [2.75, 3.05) is 19.0 Å². The lowest BCUT2D eigenvalue weighted by atomic mass is 9.95. The molecule has 1 saturated carbocycles. The number of nitrogens with zero attached hydrogens (tertiary/aromatic N) is 2. The van der Waals surface area contributed by atoms with Crippen molar-refractivity contribution in [2.45, 2.75) is 64.5 Å². The zero-order valence-electron chi connectivity index (χ0n) is 12.5. The second kappa shape index (κ2) is 7.25. The van der Waals surface area contributed by atoms with Crippen LogP contribution in [0.25, 0.3) is 0 Å². The Labute approximate surface area is 121 Å². The van der Waals surface area contributed by atoms with Gasteiger partial charge in [-0.2, -0.15) is 0 Å². The molecule has 0 bridgehead atoms. The van der Waals surface area contributed by atoms with Gasteiger partial charge in [-0.25, -0.2) is 4.98 Å². The van der Waals surface area contributed by atoms with Gasteiger partial charge in [0, 0.05) is 24.5 Å². The lowest BCUT2D eigenvalue weighted by molar-refractivity contribution is 0.427. The summed E-state index contributed by atoms with van der Waals surface area (Å²) in [5.41, 5.74) is 1.31. The Morgan fingerprint density at radius 3 is 2.68 bits per heavy atom. The second-order valence-corrected chi connectivity index (χ2v) is 6.61. The molecule has 19 heavy (non-hydrogen) atoms. The van der Waals surface area contributed by atoms with E-state index < -0.39 is 0 Å². The predicted octanol–water partition coefficient (Wildman–Crippen LogP) is 3.58. The maximum absolute atomic E-state index is 4.90. The molecule has 1 fully saturated rings. The Kier molecular flexibility index (Phi) is 5.64. The summed E-state index contributed by atoms with van der Waals surface area (Å²) in [6.45, 7) is 3.18. The fourth-order valence-electron chi connectivity index (χ4n) is 2.88. The van der Waals surface area contributed by atoms with Crippen LogP contribution in [-0.2, 0) is 13.0 Å². The molecule has 0 aromatic carbocycles. The fourth-order valence-corrected chi connectivity index (χ4v) is 4.03. The van der Waals surface area contributed by atoms with E-state index in [-0.39, 0.29) is 0 Å². The standard InChI is InChI=1S/C15H27N3S/c1-4-8-13-14(11-16-2)19-15(17-13)18(3)12-9-6-5-7-10-12/h12,16H,4-11H2,1-3H3. The highest BCUT2D eigenvalue weighted by Gasteiger charge is 2.21. The summed E-state index contributed by atoms with van der Waals surface area (Å²) in [6, 6.07) is 0.705. The third kappa shape index (κ3) is 3.69. The maximum atomic E-state index is 4.90. The zero-order chi connectivity index (χ0) is 13.7. The molecule has 0 atom stereocenters. The number of nitrogens with one attached hydrogen (secondary N) is 1. The van der Waals surface area contributed by atoms with Gasteiger partial charge in [-0.05, 0) is 26.3 Å². The van der Waals surface area contributed by atoms with Crippen LogP contribution in [0.2, 0.25) is 0 Å². The van der Waals surface area contributed by atoms with Gasteiger partial charge in [0.1, 0.15) is 0 Å². The largest absolute Gasteiger partial charge is 0.348 e. The molecule has 108 valence electrons. The molecule has 3 nitrogen and oxygen atoms in total. The first-order valence-corrected chi connectivity index (χ1v) is 8.44. The van der Waals surface area contributed by atoms with Crippen molar-refractivity contribution in [1.29, 1.82) is 0 Å². The van der Waals surface area contributed by atoms with E-state index in [1.165, 1.54) is 54.2 Å². The van der Waals surface area contributed by atoms with Gasteiger partial charge in [0.25, 0.3) is 0 Å². The second-order valence-electron chi connectivity index (χ2n) is 5.55. The molecule has 4 heteroatoms. The van der Waals surface area contributed by atoms with Crippen LogP contribution in [0.15, 0.2) is 0 Å². The first kappa shape index (κ1) is 14.8. The van der Waals surface area contributed by atoms with Gasteiger partial charge in [0.2, 0.25) is 0 Å². The average molecular weight is 281 g/mol. The average Bonchev–Trinajstić information content (AvgIpc) is 2.83. The van der Waals surface area contributed by atoms with Crippen molar-refractivity contribution >= 4 is 16.5 Å². The summed E-state index contributed by atoms with van der Waals surface area (Å²) in [7, 11) is 4.24. The van der Waals surface area contributed by atoms with E-state index in [0.29, 0.717) is 6.04 Å². The molecule has 0 amide bonds. The molecule has 0 radical (unpaired) electrons. The third-order valence-corrected chi connectivity index (χ3v) is 5.20. The number of thiazole rings is 1. The molecule has 0 aliphatic heterocycles. The molecule has 0 spiro atoms. The van der Waals surface area contributed by atoms with Crippen LogP contribution < -0.4 is 10.2 Å². The topological polar surface area (TPSA) is 28.2 Å². The van der Waals surface area contributed by atoms with Gasteiger partial charge in [0.15, 0.2) is 5.13 Å². The number of anilines is 1. The van der Waals surface area contributed by atoms with Gasteiger partial charge in [-0.3, -0.25) is 0 Å². The van der Waals surface area contributed by atoms with Crippen LogP contribution in [0.1, 0.15) is 56.0 Å². The Morgan fingerprint density at radius 2 is 2.05 bits per heavy atom. The number of rotatable bonds is 6. The lowest BCUT2D eigenvalue weighted by Crippen LogP contribution is -2.33. The van der Waals surface area contributed by atoms with Gasteiger partial charge in [0.05, 0.1) is 5.69 Å². The van der Waals surface area contributed by atoms with E-state index in [9.17, 15) is 0 Å². The van der Waals surface area contributed by atoms with Crippen LogP contribution in [0.5, 0.6) is 0 Å². The minimum absolute atomic E-state index is 0.705. The molecule has 0 unspecified atom stereocenters. The highest BCUT2D eigenvalue weighted by molar-refractivity contribution is 7.15. The van der Waals surface area contributed by atoms with Crippen molar-refractivity contribution in [1.82, 2.24) is 10.3 Å². The molecule has 1 aliphatic carbocycles. The van der Waals surface area contributed by atoms with E-state index in [1.807, 2.05) is 18.4 Å². The summed E-state index contributed by atoms with van der Waals surface area (Å²) in [5.74, 6) is 0. The zero-order valence-corrected chi connectivity index (χ0v) is 13.4. The minimum Gasteiger partial charge on any atom is -0.348 e. The van der Waals surface area contributed by atoms with Gasteiger partial charge in [-0.15, -0.1) is 11.3 Å². The minimum atomic E-state index is 0.705. The molecule has 1 aromatic rings. The van der Waals surface area contributed by atoms with E-state index >= 15 is 0 Å². The SMILES string of the molecule is CCCc1nc(N(C)C2CCCCC2)sc1CNC. The molecule has 0 saturated heterocycles. The van der Waals surface area contributed by atoms with Crippen LogP contribution >= 0.6 is 11.3 Å². The Balaban J connectivity index is 2.11. The van der Waals surface area contributed by atoms with E-state index in [2.05, 4.69) is 24.2 Å². The molecular formula is C15H27N3S. The highest BCUT2D eigenvalue weighted by atomic mass is 32.1. The van der Waals surface area contributed by atoms with E-state index in [0.717, 1.165) is 13.0 Å². The summed E-state index contributed by atoms with van der Waals surface area (Å²) in [4.78, 5) is 8.75. The Hall–Kier alpha value is -0.610. The van der Waals surface area contributed by atoms with Crippen molar-refractivity contribution in [3.05, 3.63) is 10.6 Å². The van der Waals surface area contributed by atoms with E-state index in [4.69, 9.17) is 4.98 Å². The quantitative estimate of drug-likeness (QED) is 0.864. The van der Waals surface area contributed by atoms with Crippen molar-refractivity contribution in [2.24, 2.45) is 0 Å². The van der Waals surface area contributed by atoms with Gasteiger partial charge < -0.3 is 10.2 Å². The molecule has 1 heterocycles. The monoisotopic (exact) mass is 281 g/mol.